The molecule has 0 saturated heterocycles. The van der Waals surface area contributed by atoms with E-state index in [9.17, 15) is 13.2 Å². The van der Waals surface area contributed by atoms with Crippen LogP contribution in [0.4, 0.5) is 5.69 Å². The maximum absolute atomic E-state index is 12.6. The highest BCUT2D eigenvalue weighted by Crippen LogP contribution is 2.22. The van der Waals surface area contributed by atoms with Crippen molar-refractivity contribution < 1.29 is 17.6 Å². The lowest BCUT2D eigenvalue weighted by Crippen LogP contribution is -2.25. The minimum atomic E-state index is -3.74. The first kappa shape index (κ1) is 19.7. The van der Waals surface area contributed by atoms with Gasteiger partial charge in [0, 0.05) is 18.5 Å². The number of hydrogen-bond donors (Lipinski definition) is 2. The van der Waals surface area contributed by atoms with Crippen LogP contribution in [0.2, 0.25) is 0 Å². The Morgan fingerprint density at radius 2 is 1.75 bits per heavy atom. The number of amides is 1. The molecule has 3 rings (SSSR count). The summed E-state index contributed by atoms with van der Waals surface area (Å²) in [5.74, 6) is 0.525. The number of aryl methyl sites for hydroxylation is 1. The van der Waals surface area contributed by atoms with Crippen LogP contribution in [0.1, 0.15) is 27.2 Å². The molecule has 2 aromatic carbocycles. The number of carbonyl (C=O) groups is 1. The van der Waals surface area contributed by atoms with Crippen LogP contribution in [0.25, 0.3) is 0 Å². The van der Waals surface area contributed by atoms with E-state index < -0.39 is 10.0 Å². The van der Waals surface area contributed by atoms with Crippen LogP contribution in [0, 0.1) is 13.8 Å². The summed E-state index contributed by atoms with van der Waals surface area (Å²) in [6.07, 6.45) is 2.17. The monoisotopic (exact) mass is 398 g/mol. The fourth-order valence-corrected chi connectivity index (χ4v) is 3.83. The van der Waals surface area contributed by atoms with E-state index >= 15 is 0 Å². The van der Waals surface area contributed by atoms with E-state index in [2.05, 4.69) is 10.0 Å². The van der Waals surface area contributed by atoms with E-state index in [-0.39, 0.29) is 10.8 Å². The number of sulfonamides is 1. The van der Waals surface area contributed by atoms with Gasteiger partial charge < -0.3 is 9.73 Å². The minimum absolute atomic E-state index is 0.0977. The smallest absolute Gasteiger partial charge is 0.261 e. The molecule has 2 N–H and O–H groups in total. The van der Waals surface area contributed by atoms with Crippen LogP contribution in [-0.4, -0.2) is 20.9 Å². The average molecular weight is 398 g/mol. The second-order valence-corrected chi connectivity index (χ2v) is 8.15. The summed E-state index contributed by atoms with van der Waals surface area (Å²) < 4.78 is 33.1. The lowest BCUT2D eigenvalue weighted by atomic mass is 10.1. The first-order valence-corrected chi connectivity index (χ1v) is 10.3. The molecule has 1 amide bonds. The Hall–Kier alpha value is -3.06. The van der Waals surface area contributed by atoms with Gasteiger partial charge in [-0.3, -0.25) is 9.52 Å². The molecule has 1 aromatic heterocycles. The zero-order valence-electron chi connectivity index (χ0n) is 15.7. The molecular weight excluding hydrogens is 376 g/mol. The zero-order chi connectivity index (χ0) is 20.1. The minimum Gasteiger partial charge on any atom is -0.469 e. The number of benzene rings is 2. The van der Waals surface area contributed by atoms with E-state index in [0.717, 1.165) is 16.9 Å². The van der Waals surface area contributed by atoms with Crippen LogP contribution in [0.3, 0.4) is 0 Å². The maximum atomic E-state index is 12.6. The summed E-state index contributed by atoms with van der Waals surface area (Å²) in [6, 6.07) is 14.9. The largest absolute Gasteiger partial charge is 0.469 e. The van der Waals surface area contributed by atoms with Gasteiger partial charge in [0.1, 0.15) is 5.76 Å². The molecule has 28 heavy (non-hydrogen) atoms. The number of anilines is 1. The molecule has 0 saturated carbocycles. The molecule has 7 heteroatoms. The van der Waals surface area contributed by atoms with Gasteiger partial charge in [0.2, 0.25) is 0 Å². The number of carbonyl (C=O) groups excluding carboxylic acids is 1. The van der Waals surface area contributed by atoms with E-state index in [1.54, 1.807) is 24.5 Å². The third-order valence-electron chi connectivity index (χ3n) is 4.51. The Labute approximate surface area is 164 Å². The van der Waals surface area contributed by atoms with Gasteiger partial charge in [0.25, 0.3) is 15.9 Å². The molecule has 0 aliphatic carbocycles. The van der Waals surface area contributed by atoms with E-state index in [0.29, 0.717) is 24.2 Å². The Bertz CT molecular complexity index is 1060. The van der Waals surface area contributed by atoms with Crippen LogP contribution >= 0.6 is 0 Å². The fraction of sp³-hybridized carbons (Fsp3) is 0.190. The molecule has 146 valence electrons. The van der Waals surface area contributed by atoms with Crippen molar-refractivity contribution >= 4 is 21.6 Å². The molecule has 0 fully saturated rings. The SMILES string of the molecule is Cc1cccc(NS(=O)(=O)c2ccc(C(=O)NCCc3ccco3)cc2)c1C. The summed E-state index contributed by atoms with van der Waals surface area (Å²) in [5, 5.41) is 2.78. The van der Waals surface area contributed by atoms with Crippen molar-refractivity contribution in [3.05, 3.63) is 83.3 Å². The van der Waals surface area contributed by atoms with Crippen molar-refractivity contribution in [3.63, 3.8) is 0 Å². The van der Waals surface area contributed by atoms with Crippen molar-refractivity contribution in [1.29, 1.82) is 0 Å². The van der Waals surface area contributed by atoms with Gasteiger partial charge >= 0.3 is 0 Å². The molecule has 0 aliphatic rings. The van der Waals surface area contributed by atoms with Gasteiger partial charge in [-0.25, -0.2) is 8.42 Å². The van der Waals surface area contributed by atoms with Gasteiger partial charge in [-0.05, 0) is 67.4 Å². The summed E-state index contributed by atoms with van der Waals surface area (Å²) in [7, 11) is -3.74. The third kappa shape index (κ3) is 4.61. The van der Waals surface area contributed by atoms with Gasteiger partial charge in [-0.2, -0.15) is 0 Å². The summed E-state index contributed by atoms with van der Waals surface area (Å²) in [5.41, 5.74) is 2.81. The molecule has 0 unspecified atom stereocenters. The van der Waals surface area contributed by atoms with Gasteiger partial charge in [0.05, 0.1) is 16.8 Å². The number of hydrogen-bond acceptors (Lipinski definition) is 4. The molecule has 6 nitrogen and oxygen atoms in total. The molecule has 0 spiro atoms. The van der Waals surface area contributed by atoms with Crippen LogP contribution in [0.5, 0.6) is 0 Å². The lowest BCUT2D eigenvalue weighted by molar-refractivity contribution is 0.0953. The van der Waals surface area contributed by atoms with Crippen LogP contribution < -0.4 is 10.0 Å². The molecule has 0 aliphatic heterocycles. The summed E-state index contributed by atoms with van der Waals surface area (Å²) in [6.45, 7) is 4.22. The maximum Gasteiger partial charge on any atom is 0.261 e. The summed E-state index contributed by atoms with van der Waals surface area (Å²) in [4.78, 5) is 12.3. The Balaban J connectivity index is 1.65. The zero-order valence-corrected chi connectivity index (χ0v) is 16.5. The highest BCUT2D eigenvalue weighted by Gasteiger charge is 2.16. The summed E-state index contributed by atoms with van der Waals surface area (Å²) >= 11 is 0. The van der Waals surface area contributed by atoms with E-state index in [4.69, 9.17) is 4.42 Å². The average Bonchev–Trinajstić information content (AvgIpc) is 3.19. The van der Waals surface area contributed by atoms with Crippen LogP contribution in [0.15, 0.2) is 70.2 Å². The van der Waals surface area contributed by atoms with Crippen molar-refractivity contribution in [1.82, 2.24) is 5.32 Å². The van der Waals surface area contributed by atoms with Crippen molar-refractivity contribution in [2.24, 2.45) is 0 Å². The Morgan fingerprint density at radius 3 is 2.43 bits per heavy atom. The Kier molecular flexibility index (Phi) is 5.84. The molecule has 1 heterocycles. The van der Waals surface area contributed by atoms with Crippen molar-refractivity contribution in [2.75, 3.05) is 11.3 Å². The number of rotatable bonds is 7. The van der Waals surface area contributed by atoms with Crippen LogP contribution in [-0.2, 0) is 16.4 Å². The first-order chi connectivity index (χ1) is 13.4. The van der Waals surface area contributed by atoms with Gasteiger partial charge in [-0.1, -0.05) is 12.1 Å². The predicted octanol–water partition coefficient (Wildman–Crippen LogP) is 3.67. The topological polar surface area (TPSA) is 88.4 Å². The number of furan rings is 1. The van der Waals surface area contributed by atoms with Crippen molar-refractivity contribution in [2.45, 2.75) is 25.2 Å². The third-order valence-corrected chi connectivity index (χ3v) is 5.89. The van der Waals surface area contributed by atoms with Crippen molar-refractivity contribution in [3.8, 4) is 0 Å². The standard InChI is InChI=1S/C21H22N2O4S/c1-15-5-3-7-20(16(15)2)23-28(25,26)19-10-8-17(9-11-19)21(24)22-13-12-18-6-4-14-27-18/h3-11,14,23H,12-13H2,1-2H3,(H,22,24). The molecule has 0 bridgehead atoms. The Morgan fingerprint density at radius 1 is 1.00 bits per heavy atom. The second kappa shape index (κ2) is 8.31. The molecule has 3 aromatic rings. The molecular formula is C21H22N2O4S. The van der Waals surface area contributed by atoms with Gasteiger partial charge in [-0.15, -0.1) is 0 Å². The highest BCUT2D eigenvalue weighted by molar-refractivity contribution is 7.92. The number of nitrogens with one attached hydrogen (secondary N) is 2. The second-order valence-electron chi connectivity index (χ2n) is 6.46. The molecule has 0 atom stereocenters. The van der Waals surface area contributed by atoms with Gasteiger partial charge in [0.15, 0.2) is 0 Å². The lowest BCUT2D eigenvalue weighted by Gasteiger charge is -2.12. The van der Waals surface area contributed by atoms with E-state index in [1.165, 1.54) is 24.3 Å². The first-order valence-electron chi connectivity index (χ1n) is 8.86. The molecule has 0 radical (unpaired) electrons. The quantitative estimate of drug-likeness (QED) is 0.636. The predicted molar refractivity (Wildman–Crippen MR) is 108 cm³/mol. The fourth-order valence-electron chi connectivity index (χ4n) is 2.71. The normalized spacial score (nSPS) is 11.2. The van der Waals surface area contributed by atoms with E-state index in [1.807, 2.05) is 26.0 Å². The highest BCUT2D eigenvalue weighted by atomic mass is 32.2.